The van der Waals surface area contributed by atoms with Crippen LogP contribution in [0.3, 0.4) is 0 Å². The second-order valence-corrected chi connectivity index (χ2v) is 34.8. The molecule has 13 amide bonds. The number of hydrogen-bond acceptors (Lipinski definition) is 35. The van der Waals surface area contributed by atoms with Crippen LogP contribution in [0.2, 0.25) is 0 Å². The Morgan fingerprint density at radius 1 is 0.441 bits per heavy atom. The number of aromatic nitrogens is 11. The molecule has 5 unspecified atom stereocenters. The third-order valence-corrected chi connectivity index (χ3v) is 25.1. The molecule has 17 rings (SSSR count). The molecule has 5 aromatic heterocycles. The molecule has 10 aliphatic heterocycles. The standard InChI is InChI=1S/C21H25N5O6.C17H22N8O5.C17H25N5O5.C16H18N2O5.C13H19N5O4.CH3.Pd/c1-14(27)17(18-24-22-13-32-18)23-16(28)10-25-12-21(19(25)29)8-5-9-26(21)20(30)31-11-15-6-3-2-4-7-15;1-10(26)12(14-22-19-9-30-14)21-11(27)6-24-7-17(16(24)29)4-3-5-25(17)15(28)13-18-8-20-23(13)2;1-10(2)15(25)22-6-4-5-17(22)8-21(16(17)26)7-12(24)19-13(11(3)23)14-20-18-9-27-14;19-13(20)9-17-11-16(14(17)21)7-4-8-18(16)15(22)23-10-12-5-2-1-3-6-12;1-8(19)10(11-17-15-7-22-11)16-9(20)5-18-6-13(12(18)21)3-2-4-14-13;;/h2-4,6-7,13-14,17,27H,5,8-12H2,1H3,(H,23,28);8-10,12,26H,3-7H2,1-2H3,(H,21,27);9-11,13,23H,4-8H2,1-3H3,(H,19,24);1-3,5-6H,4,7-11H2,(H,19,20);7-8,10,14,19H,2-6H2,1H3,(H,16,20);1H3;/q;;;;;-1;/t14-,17+,21?;10-,12+,17?;11-,13+,17?;;8-,10+,13?;;/m111.1../s1. The number of nitrogens with one attached hydrogen (secondary N) is 5. The Kier molecular flexibility index (Phi) is 33.8. The smallest absolute Gasteiger partial charge is 0.411 e. The number of rotatable bonds is 28. The summed E-state index contributed by atoms with van der Waals surface area (Å²) in [5, 5.41) is 94.7. The number of likely N-dealkylation sites (tertiary alicyclic amines) is 9. The number of aliphatic carboxylic acids is 1. The van der Waals surface area contributed by atoms with Crippen molar-refractivity contribution in [2.75, 3.05) is 98.2 Å². The molecule has 0 saturated carbocycles. The van der Waals surface area contributed by atoms with E-state index in [-0.39, 0.29) is 176 Å². The number of β-lactam (4-membered cyclic amide) rings is 5. The monoisotopic (exact) mass is 1990 g/mol. The van der Waals surface area contributed by atoms with Crippen LogP contribution in [-0.4, -0.2) is 359 Å². The SMILES string of the molecule is CC(C)C(=O)N1CCCC12CN(CC(=O)N[C@H](c1nnco1)[C@@H](C)O)C2=O.C[C@@H](O)[C@H](NC(=O)CN1CC2(CCCN2)C1=O)c1nnco1.C[C@@H](O)[C@H](NC(=O)CN1CC2(CCCN2C(=O)OCc2ccccc2)C1=O)c1nnco1.C[C@@H](O)[C@H](NC(=O)CN1CC2(CCCN2C(=O)c2ncnn2C)C1=O)c1nnco1.O=C(O)CN1CC2(CCCN2C(=O)OCc2ccccc2)C1=O.[CH3-].[Pd]. The number of aliphatic hydroxyl groups is 4. The van der Waals surface area contributed by atoms with Crippen molar-refractivity contribution in [3.05, 3.63) is 141 Å². The predicted molar refractivity (Wildman–Crippen MR) is 457 cm³/mol. The van der Waals surface area contributed by atoms with Crippen molar-refractivity contribution < 1.29 is 140 Å². The van der Waals surface area contributed by atoms with Gasteiger partial charge in [-0.05, 0) is 110 Å². The molecule has 0 bridgehead atoms. The zero-order valence-corrected chi connectivity index (χ0v) is 77.7. The summed E-state index contributed by atoms with van der Waals surface area (Å²) in [5.74, 6) is -3.94. The number of hydrogen-bond donors (Lipinski definition) is 10. The number of carboxylic acids is 1. The van der Waals surface area contributed by atoms with E-state index in [1.807, 2.05) is 74.5 Å². The minimum absolute atomic E-state index is 0. The van der Waals surface area contributed by atoms with Crippen molar-refractivity contribution in [2.24, 2.45) is 13.0 Å². The average Bonchev–Trinajstić information content (AvgIpc) is 1.51. The summed E-state index contributed by atoms with van der Waals surface area (Å²) >= 11 is 0. The number of nitrogens with zero attached hydrogens (tertiary/aromatic N) is 20. The van der Waals surface area contributed by atoms with Crippen LogP contribution in [0.5, 0.6) is 0 Å². The first-order valence-corrected chi connectivity index (χ1v) is 43.9. The largest absolute Gasteiger partial charge is 0.480 e. The van der Waals surface area contributed by atoms with Crippen LogP contribution in [-0.2, 0) is 103 Å². The number of aliphatic hydroxyl groups excluding tert-OH is 4. The quantitative estimate of drug-likeness (QED) is 0.0151. The number of amides is 13. The van der Waals surface area contributed by atoms with E-state index in [0.717, 1.165) is 62.5 Å². The van der Waals surface area contributed by atoms with Gasteiger partial charge in [0, 0.05) is 66.1 Å². The maximum absolute atomic E-state index is 13.0. The summed E-state index contributed by atoms with van der Waals surface area (Å²) in [4.78, 5) is 191. The molecule has 10 N–H and O–H groups in total. The number of carboxylic acid groups (broad SMARTS) is 1. The number of carbonyl (C=O) groups is 14. The van der Waals surface area contributed by atoms with Gasteiger partial charge in [-0.2, -0.15) is 5.10 Å². The summed E-state index contributed by atoms with van der Waals surface area (Å²) in [6.07, 6.45) is 7.83. The molecular weight excluding hydrogens is 1880 g/mol. The van der Waals surface area contributed by atoms with Gasteiger partial charge in [-0.15, -0.1) is 40.8 Å². The number of benzene rings is 2. The van der Waals surface area contributed by atoms with Crippen molar-refractivity contribution in [2.45, 2.75) is 195 Å². The Labute approximate surface area is 792 Å². The van der Waals surface area contributed by atoms with Gasteiger partial charge in [0.25, 0.3) is 29.5 Å². The van der Waals surface area contributed by atoms with Crippen LogP contribution in [0.1, 0.15) is 175 Å². The molecular formula is C85H112N25O25Pd-. The predicted octanol–water partition coefficient (Wildman–Crippen LogP) is -1.55. The maximum atomic E-state index is 13.0. The minimum atomic E-state index is -1.05. The third kappa shape index (κ3) is 22.3. The van der Waals surface area contributed by atoms with Gasteiger partial charge in [-0.1, -0.05) is 74.5 Å². The Hall–Kier alpha value is -13.2. The van der Waals surface area contributed by atoms with Gasteiger partial charge in [0.15, 0.2) is 0 Å². The van der Waals surface area contributed by atoms with Crippen molar-refractivity contribution in [1.29, 1.82) is 0 Å². The van der Waals surface area contributed by atoms with Crippen LogP contribution < -0.4 is 26.6 Å². The van der Waals surface area contributed by atoms with E-state index in [1.165, 1.54) is 77.9 Å². The Morgan fingerprint density at radius 3 is 1.05 bits per heavy atom. The van der Waals surface area contributed by atoms with Crippen molar-refractivity contribution >= 4 is 83.1 Å². The van der Waals surface area contributed by atoms with E-state index >= 15 is 0 Å². The molecule has 10 fully saturated rings. The molecule has 0 radical (unpaired) electrons. The molecule has 10 saturated heterocycles. The van der Waals surface area contributed by atoms with Gasteiger partial charge < -0.3 is 121 Å². The normalized spacial score (nSPS) is 23.2. The average molecular weight is 1990 g/mol. The van der Waals surface area contributed by atoms with Gasteiger partial charge in [0.05, 0.1) is 76.8 Å². The van der Waals surface area contributed by atoms with Crippen LogP contribution >= 0.6 is 0 Å². The van der Waals surface area contributed by atoms with Gasteiger partial charge in [-0.25, -0.2) is 19.3 Å². The van der Waals surface area contributed by atoms with E-state index in [0.29, 0.717) is 84.2 Å². The summed E-state index contributed by atoms with van der Waals surface area (Å²) in [5.41, 5.74) is -2.30. The molecule has 50 nitrogen and oxygen atoms in total. The van der Waals surface area contributed by atoms with E-state index < -0.39 is 112 Å². The second kappa shape index (κ2) is 44.5. The van der Waals surface area contributed by atoms with Gasteiger partial charge in [-0.3, -0.25) is 67.3 Å². The number of ether oxygens (including phenoxy) is 2. The molecule has 0 aliphatic carbocycles. The molecule has 15 heterocycles. The summed E-state index contributed by atoms with van der Waals surface area (Å²) < 4.78 is 32.3. The van der Waals surface area contributed by atoms with E-state index in [2.05, 4.69) is 77.5 Å². The summed E-state index contributed by atoms with van der Waals surface area (Å²) in [7, 11) is 1.62. The van der Waals surface area contributed by atoms with Crippen molar-refractivity contribution in [3.8, 4) is 0 Å². The molecule has 136 heavy (non-hydrogen) atoms. The number of carbonyl (C=O) groups excluding carboxylic acids is 13. The van der Waals surface area contributed by atoms with Gasteiger partial charge in [0.1, 0.15) is 77.9 Å². The minimum Gasteiger partial charge on any atom is -0.480 e. The molecule has 13 atom stereocenters. The topological polar surface area (TPSA) is 634 Å². The molecule has 5 spiro atoms. The number of aryl methyl sites for hydroxylation is 1. The molecule has 738 valence electrons. The van der Waals surface area contributed by atoms with Crippen molar-refractivity contribution in [3.63, 3.8) is 0 Å². The van der Waals surface area contributed by atoms with E-state index in [1.54, 1.807) is 11.9 Å². The van der Waals surface area contributed by atoms with Crippen LogP contribution in [0.15, 0.2) is 110 Å². The third-order valence-electron chi connectivity index (χ3n) is 25.1. The Morgan fingerprint density at radius 2 is 0.765 bits per heavy atom. The fourth-order valence-corrected chi connectivity index (χ4v) is 18.4. The first kappa shape index (κ1) is 103. The summed E-state index contributed by atoms with van der Waals surface area (Å²) in [6, 6.07) is 15.2. The van der Waals surface area contributed by atoms with Crippen LogP contribution in [0.4, 0.5) is 9.59 Å². The molecule has 51 heteroatoms. The zero-order chi connectivity index (χ0) is 96.1. The van der Waals surface area contributed by atoms with Gasteiger partial charge >= 0.3 is 18.2 Å². The first-order chi connectivity index (χ1) is 64.0. The van der Waals surface area contributed by atoms with Crippen LogP contribution in [0, 0.1) is 13.3 Å². The summed E-state index contributed by atoms with van der Waals surface area (Å²) in [6.45, 7) is 13.4. The van der Waals surface area contributed by atoms with Crippen LogP contribution in [0.25, 0.3) is 0 Å². The fraction of sp³-hybridized carbons (Fsp3) is 0.565. The Balaban J connectivity index is 0.000000164. The zero-order valence-electron chi connectivity index (χ0n) is 76.1. The fourth-order valence-electron chi connectivity index (χ4n) is 18.4. The van der Waals surface area contributed by atoms with E-state index in [9.17, 15) is 87.5 Å². The first-order valence-electron chi connectivity index (χ1n) is 43.9. The second-order valence-electron chi connectivity index (χ2n) is 34.8. The maximum Gasteiger partial charge on any atom is 0.411 e. The van der Waals surface area contributed by atoms with Crippen molar-refractivity contribution in [1.82, 2.24) is 126 Å². The Bertz CT molecular complexity index is 5330. The van der Waals surface area contributed by atoms with Gasteiger partial charge in [0.2, 0.25) is 90.4 Å². The molecule has 10 aliphatic rings. The molecule has 7 aromatic rings. The van der Waals surface area contributed by atoms with E-state index in [4.69, 9.17) is 32.2 Å². The molecule has 2 aromatic carbocycles.